The van der Waals surface area contributed by atoms with Crippen LogP contribution in [0.4, 0.5) is 0 Å². The van der Waals surface area contributed by atoms with E-state index in [-0.39, 0.29) is 18.4 Å². The minimum absolute atomic E-state index is 0.00992. The molecule has 0 unspecified atom stereocenters. The minimum Gasteiger partial charge on any atom is -0.459 e. The average Bonchev–Trinajstić information content (AvgIpc) is 2.35. The lowest BCUT2D eigenvalue weighted by atomic mass is 10.1. The summed E-state index contributed by atoms with van der Waals surface area (Å²) in [4.78, 5) is 25.1. The summed E-state index contributed by atoms with van der Waals surface area (Å²) in [7, 11) is 1.63. The molecule has 0 aromatic heterocycles. The molecule has 1 rings (SSSR count). The predicted octanol–water partition coefficient (Wildman–Crippen LogP) is 2.73. The second kappa shape index (κ2) is 7.25. The molecule has 0 spiro atoms. The molecule has 0 aliphatic rings. The summed E-state index contributed by atoms with van der Waals surface area (Å²) >= 11 is 0. The Morgan fingerprint density at radius 2 is 1.71 bits per heavy atom. The quantitative estimate of drug-likeness (QED) is 0.784. The molecule has 21 heavy (non-hydrogen) atoms. The molecule has 0 saturated heterocycles. The van der Waals surface area contributed by atoms with Gasteiger partial charge in [0.05, 0.1) is 0 Å². The largest absolute Gasteiger partial charge is 0.459 e. The fraction of sp³-hybridized carbons (Fsp3) is 0.529. The van der Waals surface area contributed by atoms with Gasteiger partial charge in [-0.25, -0.2) is 0 Å². The number of ether oxygens (including phenoxy) is 1. The number of hydrogen-bond acceptors (Lipinski definition) is 3. The molecule has 1 aromatic rings. The Hall–Kier alpha value is -1.84. The van der Waals surface area contributed by atoms with Crippen molar-refractivity contribution in [2.75, 3.05) is 13.6 Å². The van der Waals surface area contributed by atoms with Crippen LogP contribution in [0.1, 0.15) is 38.3 Å². The highest BCUT2D eigenvalue weighted by Crippen LogP contribution is 2.09. The van der Waals surface area contributed by atoms with Gasteiger partial charge in [-0.05, 0) is 39.7 Å². The van der Waals surface area contributed by atoms with E-state index in [1.807, 2.05) is 52.0 Å². The van der Waals surface area contributed by atoms with Crippen molar-refractivity contribution in [3.63, 3.8) is 0 Å². The summed E-state index contributed by atoms with van der Waals surface area (Å²) < 4.78 is 5.20. The van der Waals surface area contributed by atoms with Crippen molar-refractivity contribution < 1.29 is 14.3 Å². The Labute approximate surface area is 127 Å². The van der Waals surface area contributed by atoms with Crippen molar-refractivity contribution in [2.24, 2.45) is 0 Å². The number of likely N-dealkylation sites (N-methyl/N-ethyl adjacent to an activating group) is 1. The van der Waals surface area contributed by atoms with Crippen molar-refractivity contribution >= 4 is 11.9 Å². The van der Waals surface area contributed by atoms with Crippen LogP contribution in [-0.2, 0) is 20.7 Å². The summed E-state index contributed by atoms with van der Waals surface area (Å²) in [5, 5.41) is 0. The van der Waals surface area contributed by atoms with Gasteiger partial charge in [0.1, 0.15) is 12.1 Å². The van der Waals surface area contributed by atoms with Crippen LogP contribution in [-0.4, -0.2) is 36.0 Å². The molecule has 0 atom stereocenters. The van der Waals surface area contributed by atoms with Gasteiger partial charge in [0.2, 0.25) is 5.91 Å². The van der Waals surface area contributed by atoms with Gasteiger partial charge in [0, 0.05) is 13.5 Å². The highest BCUT2D eigenvalue weighted by molar-refractivity contribution is 5.82. The molecule has 1 amide bonds. The van der Waals surface area contributed by atoms with Gasteiger partial charge in [0.15, 0.2) is 0 Å². The van der Waals surface area contributed by atoms with Crippen LogP contribution in [0.25, 0.3) is 0 Å². The maximum atomic E-state index is 12.0. The van der Waals surface area contributed by atoms with Crippen molar-refractivity contribution in [3.8, 4) is 0 Å². The van der Waals surface area contributed by atoms with Crippen LogP contribution in [0.3, 0.4) is 0 Å². The first kappa shape index (κ1) is 17.2. The van der Waals surface area contributed by atoms with E-state index in [2.05, 4.69) is 0 Å². The molecular weight excluding hydrogens is 266 g/mol. The minimum atomic E-state index is -0.525. The van der Waals surface area contributed by atoms with Gasteiger partial charge < -0.3 is 9.64 Å². The van der Waals surface area contributed by atoms with E-state index in [4.69, 9.17) is 4.74 Å². The smallest absolute Gasteiger partial charge is 0.326 e. The maximum absolute atomic E-state index is 12.0. The third kappa shape index (κ3) is 6.93. The van der Waals surface area contributed by atoms with Gasteiger partial charge in [-0.1, -0.05) is 29.8 Å². The Bertz CT molecular complexity index is 486. The molecule has 0 heterocycles. The SMILES string of the molecule is Cc1ccc(CCC(=O)N(C)CC(=O)OC(C)(C)C)cc1. The number of rotatable bonds is 5. The van der Waals surface area contributed by atoms with E-state index in [0.29, 0.717) is 12.8 Å². The first-order chi connectivity index (χ1) is 9.67. The van der Waals surface area contributed by atoms with Crippen LogP contribution >= 0.6 is 0 Å². The first-order valence-electron chi connectivity index (χ1n) is 7.19. The summed E-state index contributed by atoms with van der Waals surface area (Å²) in [6.45, 7) is 7.45. The zero-order valence-electron chi connectivity index (χ0n) is 13.6. The Morgan fingerprint density at radius 3 is 2.24 bits per heavy atom. The zero-order chi connectivity index (χ0) is 16.0. The predicted molar refractivity (Wildman–Crippen MR) is 83.0 cm³/mol. The van der Waals surface area contributed by atoms with Crippen LogP contribution < -0.4 is 0 Å². The van der Waals surface area contributed by atoms with E-state index in [1.54, 1.807) is 7.05 Å². The molecule has 4 nitrogen and oxygen atoms in total. The summed E-state index contributed by atoms with van der Waals surface area (Å²) in [6, 6.07) is 8.11. The highest BCUT2D eigenvalue weighted by Gasteiger charge is 2.19. The Balaban J connectivity index is 2.40. The molecule has 0 N–H and O–H groups in total. The monoisotopic (exact) mass is 291 g/mol. The number of carbonyl (C=O) groups is 2. The number of esters is 1. The van der Waals surface area contributed by atoms with Crippen LogP contribution in [0, 0.1) is 6.92 Å². The standard InChI is InChI=1S/C17H25NO3/c1-13-6-8-14(9-7-13)10-11-15(19)18(5)12-16(20)21-17(2,3)4/h6-9H,10-12H2,1-5H3. The Kier molecular flexibility index (Phi) is 5.94. The molecule has 0 radical (unpaired) electrons. The molecule has 0 aliphatic heterocycles. The van der Waals surface area contributed by atoms with Gasteiger partial charge in [-0.15, -0.1) is 0 Å². The van der Waals surface area contributed by atoms with Gasteiger partial charge >= 0.3 is 5.97 Å². The molecule has 0 bridgehead atoms. The molecule has 0 fully saturated rings. The number of benzene rings is 1. The molecule has 0 aliphatic carbocycles. The van der Waals surface area contributed by atoms with E-state index in [1.165, 1.54) is 10.5 Å². The van der Waals surface area contributed by atoms with Crippen molar-refractivity contribution in [3.05, 3.63) is 35.4 Å². The lowest BCUT2D eigenvalue weighted by molar-refractivity contribution is -0.158. The van der Waals surface area contributed by atoms with Crippen molar-refractivity contribution in [1.82, 2.24) is 4.90 Å². The third-order valence-corrected chi connectivity index (χ3v) is 2.96. The van der Waals surface area contributed by atoms with Crippen LogP contribution in [0.15, 0.2) is 24.3 Å². The number of amides is 1. The molecule has 116 valence electrons. The normalized spacial score (nSPS) is 11.1. The highest BCUT2D eigenvalue weighted by atomic mass is 16.6. The number of hydrogen-bond donors (Lipinski definition) is 0. The average molecular weight is 291 g/mol. The van der Waals surface area contributed by atoms with Crippen LogP contribution in [0.5, 0.6) is 0 Å². The molecule has 1 aromatic carbocycles. The number of nitrogens with zero attached hydrogens (tertiary/aromatic N) is 1. The molecule has 4 heteroatoms. The van der Waals surface area contributed by atoms with Gasteiger partial charge in [-0.2, -0.15) is 0 Å². The van der Waals surface area contributed by atoms with Crippen molar-refractivity contribution in [2.45, 2.75) is 46.1 Å². The summed E-state index contributed by atoms with van der Waals surface area (Å²) in [6.07, 6.45) is 1.07. The topological polar surface area (TPSA) is 46.6 Å². The molecular formula is C17H25NO3. The van der Waals surface area contributed by atoms with E-state index in [0.717, 1.165) is 5.56 Å². The van der Waals surface area contributed by atoms with E-state index < -0.39 is 5.60 Å². The first-order valence-corrected chi connectivity index (χ1v) is 7.19. The van der Waals surface area contributed by atoms with E-state index >= 15 is 0 Å². The van der Waals surface area contributed by atoms with E-state index in [9.17, 15) is 9.59 Å². The molecule has 0 saturated carbocycles. The maximum Gasteiger partial charge on any atom is 0.326 e. The fourth-order valence-corrected chi connectivity index (χ4v) is 1.85. The third-order valence-electron chi connectivity index (χ3n) is 2.96. The zero-order valence-corrected chi connectivity index (χ0v) is 13.6. The number of aryl methyl sites for hydroxylation is 2. The Morgan fingerprint density at radius 1 is 1.14 bits per heavy atom. The van der Waals surface area contributed by atoms with Gasteiger partial charge in [-0.3, -0.25) is 9.59 Å². The summed E-state index contributed by atoms with van der Waals surface area (Å²) in [5.74, 6) is -0.435. The fourth-order valence-electron chi connectivity index (χ4n) is 1.85. The lowest BCUT2D eigenvalue weighted by Crippen LogP contribution is -2.36. The second-order valence-electron chi connectivity index (χ2n) is 6.32. The van der Waals surface area contributed by atoms with Crippen LogP contribution in [0.2, 0.25) is 0 Å². The summed E-state index contributed by atoms with van der Waals surface area (Å²) in [5.41, 5.74) is 1.80. The lowest BCUT2D eigenvalue weighted by Gasteiger charge is -2.22. The number of carbonyl (C=O) groups excluding carboxylic acids is 2. The second-order valence-corrected chi connectivity index (χ2v) is 6.32. The van der Waals surface area contributed by atoms with Crippen molar-refractivity contribution in [1.29, 1.82) is 0 Å². The van der Waals surface area contributed by atoms with Gasteiger partial charge in [0.25, 0.3) is 0 Å².